The summed E-state index contributed by atoms with van der Waals surface area (Å²) in [7, 11) is 1.49. The number of benzene rings is 2. The zero-order valence-corrected chi connectivity index (χ0v) is 15.4. The van der Waals surface area contributed by atoms with Crippen LogP contribution < -0.4 is 10.1 Å². The number of phenolic OH excluding ortho intramolecular Hbond substituents is 1. The number of dihydropyridines is 1. The molecular formula is C23H19NO4. The fourth-order valence-corrected chi connectivity index (χ4v) is 4.54. The van der Waals surface area contributed by atoms with Crippen molar-refractivity contribution in [2.45, 2.75) is 25.2 Å². The van der Waals surface area contributed by atoms with Crippen molar-refractivity contribution in [3.05, 3.63) is 76.0 Å². The van der Waals surface area contributed by atoms with Crippen molar-refractivity contribution in [2.75, 3.05) is 7.11 Å². The van der Waals surface area contributed by atoms with Gasteiger partial charge in [0.15, 0.2) is 23.1 Å². The van der Waals surface area contributed by atoms with Crippen LogP contribution in [0.25, 0.3) is 5.70 Å². The number of fused-ring (bicyclic) bond motifs is 2. The van der Waals surface area contributed by atoms with Gasteiger partial charge in [0.1, 0.15) is 0 Å². The number of hydrogen-bond donors (Lipinski definition) is 2. The average molecular weight is 373 g/mol. The summed E-state index contributed by atoms with van der Waals surface area (Å²) in [4.78, 5) is 26.2. The minimum atomic E-state index is -0.464. The van der Waals surface area contributed by atoms with Crippen molar-refractivity contribution in [3.63, 3.8) is 0 Å². The van der Waals surface area contributed by atoms with Crippen molar-refractivity contribution in [3.8, 4) is 11.5 Å². The van der Waals surface area contributed by atoms with E-state index in [2.05, 4.69) is 5.32 Å². The minimum absolute atomic E-state index is 0.0274. The van der Waals surface area contributed by atoms with Gasteiger partial charge in [-0.1, -0.05) is 30.3 Å². The van der Waals surface area contributed by atoms with E-state index in [9.17, 15) is 14.7 Å². The van der Waals surface area contributed by atoms with E-state index in [0.29, 0.717) is 28.9 Å². The van der Waals surface area contributed by atoms with Crippen LogP contribution in [0, 0.1) is 0 Å². The standard InChI is InChI=1S/C23H19NO4/c1-28-18-11-12(9-10-16(18)25)19-20-15(7-4-8-17(20)26)24-22-13-5-2-3-6-14(13)23(27)21(19)22/h2-3,5-6,9-11,19,24-25H,4,7-8H2,1H3. The maximum Gasteiger partial charge on any atom is 0.192 e. The number of methoxy groups -OCH3 is 1. The molecule has 28 heavy (non-hydrogen) atoms. The number of carbonyl (C=O) groups is 2. The Bertz CT molecular complexity index is 1110. The monoisotopic (exact) mass is 373 g/mol. The molecule has 2 aromatic carbocycles. The van der Waals surface area contributed by atoms with Gasteiger partial charge in [0.25, 0.3) is 0 Å². The topological polar surface area (TPSA) is 75.6 Å². The number of rotatable bonds is 2. The number of aromatic hydroxyl groups is 1. The van der Waals surface area contributed by atoms with Crippen LogP contribution in [-0.4, -0.2) is 23.8 Å². The fourth-order valence-electron chi connectivity index (χ4n) is 4.54. The van der Waals surface area contributed by atoms with Crippen molar-refractivity contribution < 1.29 is 19.4 Å². The highest BCUT2D eigenvalue weighted by Crippen LogP contribution is 2.49. The summed E-state index contributed by atoms with van der Waals surface area (Å²) in [5, 5.41) is 13.4. The average Bonchev–Trinajstić information content (AvgIpc) is 3.00. The molecule has 2 N–H and O–H groups in total. The molecule has 0 amide bonds. The van der Waals surface area contributed by atoms with E-state index in [1.165, 1.54) is 7.11 Å². The van der Waals surface area contributed by atoms with Crippen LogP contribution >= 0.6 is 0 Å². The lowest BCUT2D eigenvalue weighted by atomic mass is 9.75. The van der Waals surface area contributed by atoms with E-state index in [1.807, 2.05) is 24.3 Å². The Morgan fingerprint density at radius 1 is 1.04 bits per heavy atom. The molecule has 2 aromatic rings. The second-order valence-electron chi connectivity index (χ2n) is 7.32. The SMILES string of the molecule is COc1cc(C2C3=C(CCCC3=O)NC3=C2C(=O)c2ccccc23)ccc1O. The summed E-state index contributed by atoms with van der Waals surface area (Å²) in [5.74, 6) is -0.0965. The Balaban J connectivity index is 1.75. The molecule has 0 fully saturated rings. The molecule has 1 aliphatic heterocycles. The third-order valence-electron chi connectivity index (χ3n) is 5.80. The molecule has 0 spiro atoms. The van der Waals surface area contributed by atoms with Crippen LogP contribution in [0.5, 0.6) is 11.5 Å². The third-order valence-corrected chi connectivity index (χ3v) is 5.80. The van der Waals surface area contributed by atoms with E-state index in [0.717, 1.165) is 35.4 Å². The number of carbonyl (C=O) groups excluding carboxylic acids is 2. The van der Waals surface area contributed by atoms with Crippen molar-refractivity contribution in [1.82, 2.24) is 5.32 Å². The number of nitrogens with one attached hydrogen (secondary N) is 1. The second kappa shape index (κ2) is 6.09. The molecule has 1 unspecified atom stereocenters. The lowest BCUT2D eigenvalue weighted by molar-refractivity contribution is -0.116. The van der Waals surface area contributed by atoms with Gasteiger partial charge in [-0.05, 0) is 30.5 Å². The first-order valence-corrected chi connectivity index (χ1v) is 9.38. The smallest absolute Gasteiger partial charge is 0.192 e. The Morgan fingerprint density at radius 3 is 2.61 bits per heavy atom. The summed E-state index contributed by atoms with van der Waals surface area (Å²) >= 11 is 0. The molecule has 0 saturated heterocycles. The quantitative estimate of drug-likeness (QED) is 0.839. The van der Waals surface area contributed by atoms with Crippen LogP contribution in [0.3, 0.4) is 0 Å². The molecule has 0 aromatic heterocycles. The van der Waals surface area contributed by atoms with Gasteiger partial charge < -0.3 is 15.2 Å². The number of hydrogen-bond acceptors (Lipinski definition) is 5. The Labute approximate surface area is 162 Å². The number of phenols is 1. The van der Waals surface area contributed by atoms with E-state index in [4.69, 9.17) is 4.74 Å². The van der Waals surface area contributed by atoms with Crippen LogP contribution in [-0.2, 0) is 4.79 Å². The van der Waals surface area contributed by atoms with E-state index >= 15 is 0 Å². The molecule has 0 radical (unpaired) electrons. The predicted octanol–water partition coefficient (Wildman–Crippen LogP) is 3.70. The van der Waals surface area contributed by atoms with Gasteiger partial charge in [-0.2, -0.15) is 0 Å². The molecule has 1 atom stereocenters. The molecule has 0 bridgehead atoms. The van der Waals surface area contributed by atoms with E-state index < -0.39 is 5.92 Å². The molecule has 2 aliphatic carbocycles. The first-order valence-electron chi connectivity index (χ1n) is 9.38. The zero-order valence-electron chi connectivity index (χ0n) is 15.4. The Kier molecular flexibility index (Phi) is 3.66. The largest absolute Gasteiger partial charge is 0.504 e. The van der Waals surface area contributed by atoms with Gasteiger partial charge in [0.05, 0.1) is 12.8 Å². The van der Waals surface area contributed by atoms with Gasteiger partial charge in [0.2, 0.25) is 0 Å². The summed E-state index contributed by atoms with van der Waals surface area (Å²) in [6.45, 7) is 0. The van der Waals surface area contributed by atoms with Crippen molar-refractivity contribution >= 4 is 17.3 Å². The maximum atomic E-state index is 13.3. The molecule has 5 rings (SSSR count). The Hall–Kier alpha value is -3.34. The summed E-state index contributed by atoms with van der Waals surface area (Å²) < 4.78 is 5.27. The van der Waals surface area contributed by atoms with Gasteiger partial charge >= 0.3 is 0 Å². The molecule has 5 heteroatoms. The molecule has 3 aliphatic rings. The van der Waals surface area contributed by atoms with E-state index in [-0.39, 0.29) is 17.3 Å². The highest BCUT2D eigenvalue weighted by Gasteiger charge is 2.43. The van der Waals surface area contributed by atoms with Gasteiger partial charge in [0, 0.05) is 40.3 Å². The maximum absolute atomic E-state index is 13.3. The predicted molar refractivity (Wildman–Crippen MR) is 104 cm³/mol. The lowest BCUT2D eigenvalue weighted by Gasteiger charge is -2.33. The summed E-state index contributed by atoms with van der Waals surface area (Å²) in [6.07, 6.45) is 2.06. The molecular weight excluding hydrogens is 354 g/mol. The number of allylic oxidation sites excluding steroid dienone is 3. The molecule has 1 heterocycles. The minimum Gasteiger partial charge on any atom is -0.504 e. The summed E-state index contributed by atoms with van der Waals surface area (Å²) in [5.41, 5.74) is 5.27. The van der Waals surface area contributed by atoms with Crippen LogP contribution in [0.15, 0.2) is 59.3 Å². The van der Waals surface area contributed by atoms with E-state index in [1.54, 1.807) is 18.2 Å². The number of ether oxygens (including phenoxy) is 1. The van der Waals surface area contributed by atoms with Gasteiger partial charge in [-0.3, -0.25) is 9.59 Å². The highest BCUT2D eigenvalue weighted by atomic mass is 16.5. The highest BCUT2D eigenvalue weighted by molar-refractivity contribution is 6.23. The third kappa shape index (κ3) is 2.26. The fraction of sp³-hybridized carbons (Fsp3) is 0.217. The first-order chi connectivity index (χ1) is 13.6. The van der Waals surface area contributed by atoms with Crippen LogP contribution in [0.4, 0.5) is 0 Å². The van der Waals surface area contributed by atoms with Crippen molar-refractivity contribution in [2.24, 2.45) is 0 Å². The lowest BCUT2D eigenvalue weighted by Crippen LogP contribution is -2.31. The molecule has 5 nitrogen and oxygen atoms in total. The van der Waals surface area contributed by atoms with Crippen LogP contribution in [0.2, 0.25) is 0 Å². The van der Waals surface area contributed by atoms with Crippen molar-refractivity contribution in [1.29, 1.82) is 0 Å². The molecule has 140 valence electrons. The summed E-state index contributed by atoms with van der Waals surface area (Å²) in [6, 6.07) is 12.6. The van der Waals surface area contributed by atoms with Gasteiger partial charge in [-0.15, -0.1) is 0 Å². The normalized spacial score (nSPS) is 20.5. The zero-order chi connectivity index (χ0) is 19.4. The van der Waals surface area contributed by atoms with Gasteiger partial charge in [-0.25, -0.2) is 0 Å². The molecule has 0 saturated carbocycles. The van der Waals surface area contributed by atoms with Crippen LogP contribution in [0.1, 0.15) is 46.7 Å². The Morgan fingerprint density at radius 2 is 1.82 bits per heavy atom. The number of ketones is 2. The first kappa shape index (κ1) is 16.8. The second-order valence-corrected chi connectivity index (χ2v) is 7.32. The number of Topliss-reactive ketones (excluding diaryl/α,β-unsaturated/α-hetero) is 2.